The lowest BCUT2D eigenvalue weighted by Crippen LogP contribution is -2.21. The van der Waals surface area contributed by atoms with Crippen LogP contribution in [-0.4, -0.2) is 18.5 Å². The van der Waals surface area contributed by atoms with Gasteiger partial charge in [-0.15, -0.1) is 0 Å². The fourth-order valence-electron chi connectivity index (χ4n) is 2.47. The standard InChI is InChI=1S/C21H22FNO3/c1-14(2)17-9-6-7-15(3)21(17)23-19(24)13-26-20(25)12-11-16-8-4-5-10-18(16)22/h4-12,14H,13H2,1-3H3,(H,23,24)/b12-11+. The van der Waals surface area contributed by atoms with Gasteiger partial charge in [-0.1, -0.05) is 50.2 Å². The zero-order chi connectivity index (χ0) is 19.1. The minimum atomic E-state index is -0.711. The first-order chi connectivity index (χ1) is 12.4. The second-order valence-electron chi connectivity index (χ2n) is 6.20. The fraction of sp³-hybridized carbons (Fsp3) is 0.238. The molecule has 0 radical (unpaired) electrons. The number of hydrogen-bond acceptors (Lipinski definition) is 3. The summed E-state index contributed by atoms with van der Waals surface area (Å²) in [5.41, 5.74) is 2.97. The van der Waals surface area contributed by atoms with Gasteiger partial charge in [-0.25, -0.2) is 9.18 Å². The highest BCUT2D eigenvalue weighted by molar-refractivity contribution is 5.95. The van der Waals surface area contributed by atoms with Crippen molar-refractivity contribution in [3.8, 4) is 0 Å². The topological polar surface area (TPSA) is 55.4 Å². The molecule has 1 amide bonds. The number of aryl methyl sites for hydroxylation is 1. The Morgan fingerprint density at radius 2 is 1.88 bits per heavy atom. The molecular weight excluding hydrogens is 333 g/mol. The number of nitrogens with one attached hydrogen (secondary N) is 1. The van der Waals surface area contributed by atoms with Gasteiger partial charge in [0.25, 0.3) is 5.91 Å². The first kappa shape index (κ1) is 19.4. The van der Waals surface area contributed by atoms with Gasteiger partial charge in [-0.2, -0.15) is 0 Å². The van der Waals surface area contributed by atoms with Crippen LogP contribution in [0.2, 0.25) is 0 Å². The number of halogens is 1. The van der Waals surface area contributed by atoms with E-state index < -0.39 is 24.3 Å². The van der Waals surface area contributed by atoms with Gasteiger partial charge in [0.1, 0.15) is 5.82 Å². The van der Waals surface area contributed by atoms with Crippen molar-refractivity contribution in [2.24, 2.45) is 0 Å². The number of amides is 1. The molecule has 0 aromatic heterocycles. The lowest BCUT2D eigenvalue weighted by atomic mass is 9.98. The fourth-order valence-corrected chi connectivity index (χ4v) is 2.47. The van der Waals surface area contributed by atoms with E-state index in [-0.39, 0.29) is 11.5 Å². The summed E-state index contributed by atoms with van der Waals surface area (Å²) >= 11 is 0. The lowest BCUT2D eigenvalue weighted by Gasteiger charge is -2.16. The number of anilines is 1. The predicted octanol–water partition coefficient (Wildman–Crippen LogP) is 4.45. The zero-order valence-electron chi connectivity index (χ0n) is 15.1. The molecule has 0 saturated heterocycles. The van der Waals surface area contributed by atoms with E-state index in [9.17, 15) is 14.0 Å². The number of para-hydroxylation sites is 1. The Morgan fingerprint density at radius 3 is 2.58 bits per heavy atom. The van der Waals surface area contributed by atoms with Gasteiger partial charge in [-0.05, 0) is 36.1 Å². The highest BCUT2D eigenvalue weighted by Crippen LogP contribution is 2.27. The Labute approximate surface area is 152 Å². The van der Waals surface area contributed by atoms with E-state index in [1.807, 2.05) is 39.0 Å². The number of ether oxygens (including phenoxy) is 1. The van der Waals surface area contributed by atoms with E-state index in [4.69, 9.17) is 4.74 Å². The third-order valence-electron chi connectivity index (χ3n) is 3.84. The minimum absolute atomic E-state index is 0.247. The van der Waals surface area contributed by atoms with Gasteiger partial charge in [0.15, 0.2) is 6.61 Å². The van der Waals surface area contributed by atoms with Crippen LogP contribution in [0, 0.1) is 12.7 Å². The van der Waals surface area contributed by atoms with Crippen LogP contribution in [0.3, 0.4) is 0 Å². The second-order valence-corrected chi connectivity index (χ2v) is 6.20. The van der Waals surface area contributed by atoms with Crippen LogP contribution in [0.5, 0.6) is 0 Å². The summed E-state index contributed by atoms with van der Waals surface area (Å²) in [6.07, 6.45) is 2.41. The van der Waals surface area contributed by atoms with Crippen molar-refractivity contribution in [1.82, 2.24) is 0 Å². The summed E-state index contributed by atoms with van der Waals surface area (Å²) in [6, 6.07) is 11.9. The third kappa shape index (κ3) is 5.28. The molecule has 26 heavy (non-hydrogen) atoms. The predicted molar refractivity (Wildman–Crippen MR) is 100 cm³/mol. The molecule has 0 atom stereocenters. The summed E-state index contributed by atoms with van der Waals surface area (Å²) in [5, 5.41) is 2.80. The smallest absolute Gasteiger partial charge is 0.331 e. The number of hydrogen-bond donors (Lipinski definition) is 1. The summed E-state index contributed by atoms with van der Waals surface area (Å²) in [4.78, 5) is 23.8. The third-order valence-corrected chi connectivity index (χ3v) is 3.84. The highest BCUT2D eigenvalue weighted by atomic mass is 19.1. The number of carbonyl (C=O) groups is 2. The van der Waals surface area contributed by atoms with E-state index in [2.05, 4.69) is 5.32 Å². The Kier molecular flexibility index (Phi) is 6.67. The molecule has 0 aliphatic carbocycles. The summed E-state index contributed by atoms with van der Waals surface area (Å²) < 4.78 is 18.4. The number of esters is 1. The van der Waals surface area contributed by atoms with Crippen molar-refractivity contribution >= 4 is 23.6 Å². The molecule has 0 bridgehead atoms. The lowest BCUT2D eigenvalue weighted by molar-refractivity contribution is -0.142. The summed E-state index contributed by atoms with van der Waals surface area (Å²) in [6.45, 7) is 5.58. The maximum Gasteiger partial charge on any atom is 0.331 e. The number of benzene rings is 2. The van der Waals surface area contributed by atoms with Gasteiger partial charge in [-0.3, -0.25) is 4.79 Å². The van der Waals surface area contributed by atoms with E-state index >= 15 is 0 Å². The average molecular weight is 355 g/mol. The molecule has 0 aliphatic rings. The normalized spacial score (nSPS) is 11.0. The van der Waals surface area contributed by atoms with E-state index in [0.717, 1.165) is 22.9 Å². The van der Waals surface area contributed by atoms with Gasteiger partial charge >= 0.3 is 5.97 Å². The first-order valence-electron chi connectivity index (χ1n) is 8.37. The van der Waals surface area contributed by atoms with Gasteiger partial charge < -0.3 is 10.1 Å². The summed E-state index contributed by atoms with van der Waals surface area (Å²) in [5.74, 6) is -1.32. The maximum atomic E-state index is 13.5. The monoisotopic (exact) mass is 355 g/mol. The van der Waals surface area contributed by atoms with E-state index in [0.29, 0.717) is 0 Å². The van der Waals surface area contributed by atoms with Crippen LogP contribution in [0.1, 0.15) is 36.5 Å². The van der Waals surface area contributed by atoms with E-state index in [1.54, 1.807) is 12.1 Å². The Bertz CT molecular complexity index is 828. The SMILES string of the molecule is Cc1cccc(C(C)C)c1NC(=O)COC(=O)/C=C/c1ccccc1F. The molecule has 0 unspecified atom stereocenters. The van der Waals surface area contributed by atoms with Crippen molar-refractivity contribution in [3.63, 3.8) is 0 Å². The molecule has 2 aromatic carbocycles. The van der Waals surface area contributed by atoms with Gasteiger partial charge in [0, 0.05) is 17.3 Å². The van der Waals surface area contributed by atoms with Gasteiger partial charge in [0.2, 0.25) is 0 Å². The molecule has 1 N–H and O–H groups in total. The van der Waals surface area contributed by atoms with Crippen molar-refractivity contribution in [2.45, 2.75) is 26.7 Å². The van der Waals surface area contributed by atoms with Crippen molar-refractivity contribution in [2.75, 3.05) is 11.9 Å². The molecule has 5 heteroatoms. The molecule has 0 aliphatic heterocycles. The maximum absolute atomic E-state index is 13.5. The molecule has 4 nitrogen and oxygen atoms in total. The van der Waals surface area contributed by atoms with Crippen molar-refractivity contribution in [3.05, 3.63) is 71.0 Å². The molecule has 0 saturated carbocycles. The number of carbonyl (C=O) groups excluding carboxylic acids is 2. The van der Waals surface area contributed by atoms with Gasteiger partial charge in [0.05, 0.1) is 0 Å². The molecule has 0 fully saturated rings. The molecule has 136 valence electrons. The Balaban J connectivity index is 1.93. The van der Waals surface area contributed by atoms with E-state index in [1.165, 1.54) is 18.2 Å². The number of rotatable bonds is 6. The second kappa shape index (κ2) is 8.94. The Morgan fingerprint density at radius 1 is 1.15 bits per heavy atom. The van der Waals surface area contributed by atoms with Crippen molar-refractivity contribution in [1.29, 1.82) is 0 Å². The highest BCUT2D eigenvalue weighted by Gasteiger charge is 2.13. The molecular formula is C21H22FNO3. The van der Waals surface area contributed by atoms with Crippen LogP contribution >= 0.6 is 0 Å². The van der Waals surface area contributed by atoms with Crippen LogP contribution in [0.25, 0.3) is 6.08 Å². The molecule has 0 heterocycles. The van der Waals surface area contributed by atoms with Crippen molar-refractivity contribution < 1.29 is 18.7 Å². The average Bonchev–Trinajstić information content (AvgIpc) is 2.60. The molecule has 2 rings (SSSR count). The zero-order valence-corrected chi connectivity index (χ0v) is 15.1. The Hall–Kier alpha value is -2.95. The van der Waals surface area contributed by atoms with Crippen LogP contribution in [0.15, 0.2) is 48.5 Å². The van der Waals surface area contributed by atoms with Crippen LogP contribution in [0.4, 0.5) is 10.1 Å². The quantitative estimate of drug-likeness (QED) is 0.615. The molecule has 2 aromatic rings. The first-order valence-corrected chi connectivity index (χ1v) is 8.37. The summed E-state index contributed by atoms with van der Waals surface area (Å²) in [7, 11) is 0. The van der Waals surface area contributed by atoms with Crippen LogP contribution < -0.4 is 5.32 Å². The minimum Gasteiger partial charge on any atom is -0.452 e. The largest absolute Gasteiger partial charge is 0.452 e. The molecule has 0 spiro atoms. The van der Waals surface area contributed by atoms with Crippen LogP contribution in [-0.2, 0) is 14.3 Å².